The first-order valence-electron chi connectivity index (χ1n) is 9.65. The highest BCUT2D eigenvalue weighted by molar-refractivity contribution is 6.16. The van der Waals surface area contributed by atoms with Crippen molar-refractivity contribution in [3.63, 3.8) is 0 Å². The molecular formula is C19H35N3O6. The summed E-state index contributed by atoms with van der Waals surface area (Å²) in [6, 6.07) is -2.51. The van der Waals surface area contributed by atoms with Crippen molar-refractivity contribution in [3.8, 4) is 0 Å². The second-order valence-electron chi connectivity index (χ2n) is 7.65. The Balaban J connectivity index is 6.93. The Morgan fingerprint density at radius 2 is 1.50 bits per heavy atom. The minimum absolute atomic E-state index is 0.245. The number of amides is 2. The minimum Gasteiger partial charge on any atom is -0.479 e. The third kappa shape index (κ3) is 4.95. The largest absolute Gasteiger partial charge is 0.479 e. The van der Waals surface area contributed by atoms with Gasteiger partial charge in [0.1, 0.15) is 0 Å². The van der Waals surface area contributed by atoms with Crippen LogP contribution in [0, 0.1) is 11.8 Å². The molecule has 162 valence electrons. The van der Waals surface area contributed by atoms with Crippen LogP contribution in [0.25, 0.3) is 0 Å². The molecule has 28 heavy (non-hydrogen) atoms. The van der Waals surface area contributed by atoms with Crippen LogP contribution in [-0.4, -0.2) is 62.4 Å². The van der Waals surface area contributed by atoms with Crippen LogP contribution in [0.2, 0.25) is 0 Å². The van der Waals surface area contributed by atoms with Gasteiger partial charge in [0.15, 0.2) is 5.78 Å². The monoisotopic (exact) mass is 401 g/mol. The average molecular weight is 402 g/mol. The molecule has 0 spiro atoms. The highest BCUT2D eigenvalue weighted by Gasteiger charge is 2.61. The number of hydrogen-bond acceptors (Lipinski definition) is 7. The summed E-state index contributed by atoms with van der Waals surface area (Å²) in [6.45, 7) is 9.37. The van der Waals surface area contributed by atoms with Gasteiger partial charge < -0.3 is 21.7 Å². The molecule has 0 saturated heterocycles. The third-order valence-electron chi connectivity index (χ3n) is 5.01. The number of aliphatic hydroxyl groups excluding tert-OH is 1. The molecule has 0 fully saturated rings. The Morgan fingerprint density at radius 3 is 1.82 bits per heavy atom. The summed E-state index contributed by atoms with van der Waals surface area (Å²) in [5.74, 6) is -5.97. The number of carbonyl (C=O) groups excluding carboxylic acids is 3. The first-order chi connectivity index (χ1) is 12.8. The normalized spacial score (nSPS) is 17.9. The molecule has 0 rings (SSSR count). The maximum absolute atomic E-state index is 13.2. The van der Waals surface area contributed by atoms with Crippen LogP contribution in [0.1, 0.15) is 60.8 Å². The van der Waals surface area contributed by atoms with E-state index >= 15 is 0 Å². The lowest BCUT2D eigenvalue weighted by molar-refractivity contribution is -0.182. The van der Waals surface area contributed by atoms with Crippen LogP contribution in [0.15, 0.2) is 0 Å². The Kier molecular flexibility index (Phi) is 9.94. The number of ketones is 1. The van der Waals surface area contributed by atoms with Gasteiger partial charge in [0.2, 0.25) is 17.4 Å². The number of imide groups is 1. The van der Waals surface area contributed by atoms with Gasteiger partial charge in [-0.25, -0.2) is 4.79 Å². The van der Waals surface area contributed by atoms with Gasteiger partial charge in [-0.3, -0.25) is 19.3 Å². The molecule has 0 aromatic heterocycles. The maximum Gasteiger partial charge on any atom is 0.340 e. The van der Waals surface area contributed by atoms with E-state index in [1.54, 1.807) is 20.8 Å². The molecule has 9 heteroatoms. The number of aliphatic carboxylic acids is 1. The van der Waals surface area contributed by atoms with E-state index in [-0.39, 0.29) is 18.8 Å². The molecule has 0 aromatic carbocycles. The van der Waals surface area contributed by atoms with Crippen LogP contribution in [0.5, 0.6) is 0 Å². The number of aliphatic hydroxyl groups is 1. The molecule has 0 aliphatic carbocycles. The first kappa shape index (κ1) is 26.2. The van der Waals surface area contributed by atoms with Gasteiger partial charge in [0.25, 0.3) is 0 Å². The fourth-order valence-corrected chi connectivity index (χ4v) is 2.97. The fourth-order valence-electron chi connectivity index (χ4n) is 2.97. The van der Waals surface area contributed by atoms with Crippen molar-refractivity contribution in [2.75, 3.05) is 0 Å². The van der Waals surface area contributed by atoms with Crippen molar-refractivity contribution in [2.24, 2.45) is 23.3 Å². The van der Waals surface area contributed by atoms with E-state index in [2.05, 4.69) is 0 Å². The molecule has 6 N–H and O–H groups in total. The first-order valence-corrected chi connectivity index (χ1v) is 9.65. The molecule has 0 bridgehead atoms. The maximum atomic E-state index is 13.2. The second kappa shape index (κ2) is 10.6. The van der Waals surface area contributed by atoms with Crippen molar-refractivity contribution in [1.29, 1.82) is 0 Å². The predicted octanol–water partition coefficient (Wildman–Crippen LogP) is 0.272. The number of Topliss-reactive ketones (excluding diaryl/α,β-unsaturated/α-hetero) is 1. The summed E-state index contributed by atoms with van der Waals surface area (Å²) in [5, 5.41) is 20.9. The lowest BCUT2D eigenvalue weighted by Gasteiger charge is -2.44. The number of carboxylic acids is 1. The van der Waals surface area contributed by atoms with Gasteiger partial charge in [-0.1, -0.05) is 41.0 Å². The van der Waals surface area contributed by atoms with Crippen LogP contribution >= 0.6 is 0 Å². The van der Waals surface area contributed by atoms with Gasteiger partial charge in [-0.15, -0.1) is 0 Å². The standard InChI is InChI=1S/C19H35N3O6/c1-7-9-13(23)19(18(27)28,15(24)10(3)4)22(16(25)12(6)20)17(26)14(21)11(5)8-2/h10-12,14-15,24H,7-9,20-21H2,1-6H3,(H,27,28). The third-order valence-corrected chi connectivity index (χ3v) is 5.01. The van der Waals surface area contributed by atoms with Crippen molar-refractivity contribution in [1.82, 2.24) is 4.90 Å². The molecule has 0 radical (unpaired) electrons. The van der Waals surface area contributed by atoms with Gasteiger partial charge >= 0.3 is 5.97 Å². The van der Waals surface area contributed by atoms with E-state index in [9.17, 15) is 29.4 Å². The van der Waals surface area contributed by atoms with E-state index in [0.29, 0.717) is 11.3 Å². The molecule has 5 atom stereocenters. The summed E-state index contributed by atoms with van der Waals surface area (Å²) in [5.41, 5.74) is 8.85. The number of carbonyl (C=O) groups is 4. The number of nitrogens with two attached hydrogens (primary N) is 2. The summed E-state index contributed by atoms with van der Waals surface area (Å²) < 4.78 is 0. The quantitative estimate of drug-likeness (QED) is 0.358. The van der Waals surface area contributed by atoms with Crippen molar-refractivity contribution in [2.45, 2.75) is 84.5 Å². The molecule has 0 aromatic rings. The van der Waals surface area contributed by atoms with Crippen LogP contribution < -0.4 is 11.5 Å². The zero-order chi connectivity index (χ0) is 22.4. The van der Waals surface area contributed by atoms with E-state index in [4.69, 9.17) is 11.5 Å². The highest BCUT2D eigenvalue weighted by atomic mass is 16.4. The predicted molar refractivity (Wildman–Crippen MR) is 104 cm³/mol. The fraction of sp³-hybridized carbons (Fsp3) is 0.789. The SMILES string of the molecule is CCCC(=O)C(C(=O)O)(C(O)C(C)C)N(C(=O)C(C)N)C(=O)C(N)C(C)CC. The van der Waals surface area contributed by atoms with Gasteiger partial charge in [-0.05, 0) is 25.2 Å². The second-order valence-corrected chi connectivity index (χ2v) is 7.65. The summed E-state index contributed by atoms with van der Waals surface area (Å²) in [7, 11) is 0. The Hall–Kier alpha value is -1.84. The van der Waals surface area contributed by atoms with E-state index in [0.717, 1.165) is 0 Å². The smallest absolute Gasteiger partial charge is 0.340 e. The molecule has 0 aliphatic heterocycles. The van der Waals surface area contributed by atoms with E-state index < -0.39 is 53.2 Å². The molecule has 0 saturated carbocycles. The Morgan fingerprint density at radius 1 is 1.00 bits per heavy atom. The topological polar surface area (TPSA) is 164 Å². The lowest BCUT2D eigenvalue weighted by atomic mass is 9.77. The summed E-state index contributed by atoms with van der Waals surface area (Å²) in [4.78, 5) is 51.8. The van der Waals surface area contributed by atoms with Gasteiger partial charge in [-0.2, -0.15) is 0 Å². The Bertz CT molecular complexity index is 592. The van der Waals surface area contributed by atoms with Crippen molar-refractivity contribution >= 4 is 23.6 Å². The van der Waals surface area contributed by atoms with Crippen molar-refractivity contribution < 1.29 is 29.4 Å². The molecular weight excluding hydrogens is 366 g/mol. The zero-order valence-corrected chi connectivity index (χ0v) is 17.6. The van der Waals surface area contributed by atoms with Crippen molar-refractivity contribution in [3.05, 3.63) is 0 Å². The van der Waals surface area contributed by atoms with E-state index in [1.807, 2.05) is 0 Å². The number of hydrogen-bond donors (Lipinski definition) is 4. The number of carboxylic acid groups (broad SMARTS) is 1. The number of nitrogens with zero attached hydrogens (tertiary/aromatic N) is 1. The highest BCUT2D eigenvalue weighted by Crippen LogP contribution is 2.31. The molecule has 5 unspecified atom stereocenters. The lowest BCUT2D eigenvalue weighted by Crippen LogP contribution is -2.74. The Labute approximate surface area is 166 Å². The molecule has 9 nitrogen and oxygen atoms in total. The summed E-state index contributed by atoms with van der Waals surface area (Å²) in [6.07, 6.45) is -1.32. The average Bonchev–Trinajstić information content (AvgIpc) is 2.62. The van der Waals surface area contributed by atoms with E-state index in [1.165, 1.54) is 20.8 Å². The molecule has 0 aliphatic rings. The molecule has 2 amide bonds. The summed E-state index contributed by atoms with van der Waals surface area (Å²) >= 11 is 0. The van der Waals surface area contributed by atoms with Gasteiger partial charge in [0, 0.05) is 6.42 Å². The van der Waals surface area contributed by atoms with Gasteiger partial charge in [0.05, 0.1) is 18.2 Å². The van der Waals surface area contributed by atoms with Crippen LogP contribution in [0.3, 0.4) is 0 Å². The van der Waals surface area contributed by atoms with Crippen LogP contribution in [0.4, 0.5) is 0 Å². The minimum atomic E-state index is -2.79. The molecule has 0 heterocycles. The zero-order valence-electron chi connectivity index (χ0n) is 17.6. The number of rotatable bonds is 11. The van der Waals surface area contributed by atoms with Crippen LogP contribution in [-0.2, 0) is 19.2 Å².